The van der Waals surface area contributed by atoms with E-state index in [4.69, 9.17) is 16.3 Å². The summed E-state index contributed by atoms with van der Waals surface area (Å²) in [7, 11) is 0. The number of hydrogen-bond acceptors (Lipinski definition) is 5. The van der Waals surface area contributed by atoms with Gasteiger partial charge in [-0.15, -0.1) is 5.10 Å². The number of hydrogen-bond donors (Lipinski definition) is 1. The molecule has 2 rings (SSSR count). The average Bonchev–Trinajstić information content (AvgIpc) is 3.06. The first-order valence-electron chi connectivity index (χ1n) is 8.24. The molecule has 140 valence electrons. The maximum atomic E-state index is 12.2. The third-order valence-electron chi connectivity index (χ3n) is 3.54. The summed E-state index contributed by atoms with van der Waals surface area (Å²) in [6, 6.07) is 5.47. The topological polar surface area (TPSA) is 71.1 Å². The minimum Gasteiger partial charge on any atom is -0.486 e. The van der Waals surface area contributed by atoms with E-state index in [2.05, 4.69) is 21.8 Å². The number of nitrogens with zero attached hydrogens (tertiary/aromatic N) is 3. The molecule has 1 heterocycles. The van der Waals surface area contributed by atoms with Crippen LogP contribution in [0.2, 0.25) is 5.02 Å². The van der Waals surface area contributed by atoms with Gasteiger partial charge in [-0.2, -0.15) is 0 Å². The Labute approximate surface area is 163 Å². The predicted octanol–water partition coefficient (Wildman–Crippen LogP) is 3.86. The summed E-state index contributed by atoms with van der Waals surface area (Å²) >= 11 is 7.30. The van der Waals surface area contributed by atoms with Crippen LogP contribution in [0.1, 0.15) is 25.2 Å². The zero-order chi connectivity index (χ0) is 19.1. The number of H-pyrrole nitrogens is 1. The Hall–Kier alpha value is -1.99. The van der Waals surface area contributed by atoms with Crippen LogP contribution >= 0.6 is 23.4 Å². The molecular weight excluding hydrogens is 372 g/mol. The summed E-state index contributed by atoms with van der Waals surface area (Å²) in [5, 5.41) is 8.17. The van der Waals surface area contributed by atoms with Crippen LogP contribution < -0.4 is 4.74 Å². The molecule has 8 heteroatoms. The van der Waals surface area contributed by atoms with E-state index in [1.54, 1.807) is 17.0 Å². The summed E-state index contributed by atoms with van der Waals surface area (Å²) in [5.74, 6) is 1.64. The van der Waals surface area contributed by atoms with E-state index in [-0.39, 0.29) is 18.3 Å². The van der Waals surface area contributed by atoms with Gasteiger partial charge in [0, 0.05) is 18.1 Å². The van der Waals surface area contributed by atoms with Crippen molar-refractivity contribution in [1.82, 2.24) is 20.1 Å². The van der Waals surface area contributed by atoms with Gasteiger partial charge in [0.05, 0.1) is 5.75 Å². The van der Waals surface area contributed by atoms with Crippen LogP contribution in [-0.4, -0.2) is 44.8 Å². The third kappa shape index (κ3) is 6.07. The fraction of sp³-hybridized carbons (Fsp3) is 0.389. The van der Waals surface area contributed by atoms with Crippen LogP contribution in [0.25, 0.3) is 0 Å². The van der Waals surface area contributed by atoms with Gasteiger partial charge in [0.1, 0.15) is 12.4 Å². The van der Waals surface area contributed by atoms with Gasteiger partial charge >= 0.3 is 0 Å². The highest BCUT2D eigenvalue weighted by molar-refractivity contribution is 7.99. The molecule has 1 aromatic heterocycles. The Morgan fingerprint density at radius 2 is 2.23 bits per heavy atom. The minimum atomic E-state index is 0.0414. The SMILES string of the molecule is C=C(C)CN(CC)C(=O)CSc1n[nH]c(COc2ccc(Cl)c(C)c2)n1. The van der Waals surface area contributed by atoms with E-state index >= 15 is 0 Å². The number of benzene rings is 1. The molecule has 0 radical (unpaired) electrons. The van der Waals surface area contributed by atoms with Crippen molar-refractivity contribution >= 4 is 29.3 Å². The Morgan fingerprint density at radius 1 is 1.46 bits per heavy atom. The number of ether oxygens (including phenoxy) is 1. The second-order valence-electron chi connectivity index (χ2n) is 5.92. The lowest BCUT2D eigenvalue weighted by Gasteiger charge is -2.20. The fourth-order valence-electron chi connectivity index (χ4n) is 2.19. The van der Waals surface area contributed by atoms with Crippen LogP contribution in [0.5, 0.6) is 5.75 Å². The zero-order valence-corrected chi connectivity index (χ0v) is 16.8. The number of carbonyl (C=O) groups excluding carboxylic acids is 1. The van der Waals surface area contributed by atoms with Crippen molar-refractivity contribution in [2.45, 2.75) is 32.5 Å². The lowest BCUT2D eigenvalue weighted by Crippen LogP contribution is -2.33. The van der Waals surface area contributed by atoms with Gasteiger partial charge in [0.25, 0.3) is 0 Å². The molecule has 0 aliphatic rings. The highest BCUT2D eigenvalue weighted by atomic mass is 35.5. The molecule has 0 saturated carbocycles. The molecule has 1 aromatic carbocycles. The number of likely N-dealkylation sites (N-methyl/N-ethyl adjacent to an activating group) is 1. The summed E-state index contributed by atoms with van der Waals surface area (Å²) < 4.78 is 5.68. The van der Waals surface area contributed by atoms with Gasteiger partial charge in [0.2, 0.25) is 11.1 Å². The number of amides is 1. The Bertz CT molecular complexity index is 778. The maximum absolute atomic E-state index is 12.2. The highest BCUT2D eigenvalue weighted by Crippen LogP contribution is 2.22. The van der Waals surface area contributed by atoms with E-state index in [1.807, 2.05) is 26.8 Å². The fourth-order valence-corrected chi connectivity index (χ4v) is 3.02. The van der Waals surface area contributed by atoms with E-state index in [9.17, 15) is 4.79 Å². The summed E-state index contributed by atoms with van der Waals surface area (Å²) in [6.07, 6.45) is 0. The normalized spacial score (nSPS) is 10.6. The standard InChI is InChI=1S/C18H23ClN4O2S/c1-5-23(9-12(2)3)17(24)11-26-18-20-16(21-22-18)10-25-14-6-7-15(19)13(4)8-14/h6-8H,2,5,9-11H2,1,3-4H3,(H,20,21,22). The van der Waals surface area contributed by atoms with Gasteiger partial charge in [-0.1, -0.05) is 35.5 Å². The van der Waals surface area contributed by atoms with Gasteiger partial charge in [-0.3, -0.25) is 9.89 Å². The van der Waals surface area contributed by atoms with Crippen molar-refractivity contribution in [2.75, 3.05) is 18.8 Å². The second-order valence-corrected chi connectivity index (χ2v) is 7.27. The molecule has 0 aliphatic heterocycles. The lowest BCUT2D eigenvalue weighted by atomic mass is 10.2. The summed E-state index contributed by atoms with van der Waals surface area (Å²) in [6.45, 7) is 11.1. The van der Waals surface area contributed by atoms with Crippen molar-refractivity contribution in [3.8, 4) is 5.75 Å². The molecule has 0 fully saturated rings. The van der Waals surface area contributed by atoms with Gasteiger partial charge in [0.15, 0.2) is 5.82 Å². The minimum absolute atomic E-state index is 0.0414. The Morgan fingerprint density at radius 3 is 2.88 bits per heavy atom. The molecular formula is C18H23ClN4O2S. The highest BCUT2D eigenvalue weighted by Gasteiger charge is 2.14. The van der Waals surface area contributed by atoms with Crippen LogP contribution in [-0.2, 0) is 11.4 Å². The van der Waals surface area contributed by atoms with Crippen LogP contribution in [0.15, 0.2) is 35.5 Å². The smallest absolute Gasteiger partial charge is 0.233 e. The van der Waals surface area contributed by atoms with Crippen LogP contribution in [0, 0.1) is 6.92 Å². The van der Waals surface area contributed by atoms with Crippen LogP contribution in [0.3, 0.4) is 0 Å². The summed E-state index contributed by atoms with van der Waals surface area (Å²) in [4.78, 5) is 18.3. The number of halogens is 1. The first-order valence-corrected chi connectivity index (χ1v) is 9.60. The third-order valence-corrected chi connectivity index (χ3v) is 4.79. The molecule has 0 saturated heterocycles. The first-order chi connectivity index (χ1) is 12.4. The maximum Gasteiger partial charge on any atom is 0.233 e. The molecule has 1 N–H and O–H groups in total. The van der Waals surface area contributed by atoms with Crippen molar-refractivity contribution in [3.05, 3.63) is 46.8 Å². The number of aromatic nitrogens is 3. The molecule has 0 spiro atoms. The van der Waals surface area contributed by atoms with E-state index in [1.165, 1.54) is 11.8 Å². The summed E-state index contributed by atoms with van der Waals surface area (Å²) in [5.41, 5.74) is 1.91. The molecule has 0 bridgehead atoms. The number of thioether (sulfide) groups is 1. The van der Waals surface area contributed by atoms with Gasteiger partial charge in [-0.05, 0) is 44.5 Å². The van der Waals surface area contributed by atoms with Crippen molar-refractivity contribution in [3.63, 3.8) is 0 Å². The molecule has 1 amide bonds. The molecule has 0 unspecified atom stereocenters. The molecule has 26 heavy (non-hydrogen) atoms. The number of aryl methyl sites for hydroxylation is 1. The average molecular weight is 395 g/mol. The second kappa shape index (κ2) is 9.64. The number of rotatable bonds is 9. The largest absolute Gasteiger partial charge is 0.486 e. The lowest BCUT2D eigenvalue weighted by molar-refractivity contribution is -0.127. The van der Waals surface area contributed by atoms with Crippen LogP contribution in [0.4, 0.5) is 0 Å². The molecule has 0 aliphatic carbocycles. The Balaban J connectivity index is 1.84. The van der Waals surface area contributed by atoms with E-state index in [0.29, 0.717) is 34.8 Å². The van der Waals surface area contributed by atoms with Crippen molar-refractivity contribution in [1.29, 1.82) is 0 Å². The molecule has 6 nitrogen and oxygen atoms in total. The number of carbonyl (C=O) groups is 1. The van der Waals surface area contributed by atoms with Gasteiger partial charge < -0.3 is 9.64 Å². The molecule has 2 aromatic rings. The zero-order valence-electron chi connectivity index (χ0n) is 15.2. The monoisotopic (exact) mass is 394 g/mol. The number of nitrogens with one attached hydrogen (secondary N) is 1. The van der Waals surface area contributed by atoms with Gasteiger partial charge in [-0.25, -0.2) is 4.98 Å². The van der Waals surface area contributed by atoms with E-state index in [0.717, 1.165) is 11.1 Å². The van der Waals surface area contributed by atoms with Crippen molar-refractivity contribution < 1.29 is 9.53 Å². The Kier molecular flexibility index (Phi) is 7.53. The van der Waals surface area contributed by atoms with Crippen molar-refractivity contribution in [2.24, 2.45) is 0 Å². The quantitative estimate of drug-likeness (QED) is 0.516. The predicted molar refractivity (Wildman–Crippen MR) is 105 cm³/mol. The number of aromatic amines is 1. The van der Waals surface area contributed by atoms with E-state index < -0.39 is 0 Å². The molecule has 0 atom stereocenters. The first kappa shape index (κ1) is 20.3.